The van der Waals surface area contributed by atoms with Crippen LogP contribution in [0, 0.1) is 11.6 Å². The van der Waals surface area contributed by atoms with Crippen LogP contribution in [0.15, 0.2) is 24.5 Å². The van der Waals surface area contributed by atoms with E-state index in [1.165, 1.54) is 6.33 Å². The van der Waals surface area contributed by atoms with Crippen LogP contribution in [-0.2, 0) is 6.54 Å². The number of hydrogen-bond acceptors (Lipinski definition) is 5. The number of imidazole rings is 1. The minimum Gasteiger partial charge on any atom is -0.464 e. The van der Waals surface area contributed by atoms with E-state index in [1.807, 2.05) is 0 Å². The number of fused-ring (bicyclic) bond motifs is 1. The number of nitrogens with two attached hydrogens (primary N) is 1. The van der Waals surface area contributed by atoms with Crippen molar-refractivity contribution in [1.82, 2.24) is 19.5 Å². The Balaban J connectivity index is 2.05. The van der Waals surface area contributed by atoms with Gasteiger partial charge in [0, 0.05) is 5.56 Å². The quantitative estimate of drug-likeness (QED) is 0.799. The van der Waals surface area contributed by atoms with E-state index in [-0.39, 0.29) is 23.9 Å². The zero-order chi connectivity index (χ0) is 15.7. The lowest BCUT2D eigenvalue weighted by molar-refractivity contribution is 0.314. The fourth-order valence-electron chi connectivity index (χ4n) is 2.10. The number of nitrogen functional groups attached to an aromatic ring is 1. The normalized spacial score (nSPS) is 11.0. The number of halogens is 2. The highest BCUT2D eigenvalue weighted by molar-refractivity contribution is 5.81. The molecule has 1 aromatic carbocycles. The van der Waals surface area contributed by atoms with Gasteiger partial charge < -0.3 is 15.0 Å². The topological polar surface area (TPSA) is 78.9 Å². The first kappa shape index (κ1) is 14.2. The van der Waals surface area contributed by atoms with E-state index < -0.39 is 11.6 Å². The summed E-state index contributed by atoms with van der Waals surface area (Å²) in [6, 6.07) is 3.40. The molecule has 114 valence electrons. The van der Waals surface area contributed by atoms with Crippen molar-refractivity contribution in [3.05, 3.63) is 41.7 Å². The number of nitrogens with zero attached hydrogens (tertiary/aromatic N) is 4. The van der Waals surface area contributed by atoms with E-state index >= 15 is 0 Å². The molecule has 2 N–H and O–H groups in total. The number of benzene rings is 1. The molecule has 0 aliphatic carbocycles. The van der Waals surface area contributed by atoms with Gasteiger partial charge >= 0.3 is 6.01 Å². The van der Waals surface area contributed by atoms with Gasteiger partial charge in [0.2, 0.25) is 0 Å². The Hall–Kier alpha value is -2.77. The first-order valence-corrected chi connectivity index (χ1v) is 6.63. The molecule has 6 nitrogen and oxygen atoms in total. The molecule has 3 aromatic rings. The summed E-state index contributed by atoms with van der Waals surface area (Å²) >= 11 is 0. The Morgan fingerprint density at radius 3 is 2.86 bits per heavy atom. The third-order valence-electron chi connectivity index (χ3n) is 3.09. The predicted octanol–water partition coefficient (Wildman–Crippen LogP) is 2.13. The zero-order valence-electron chi connectivity index (χ0n) is 11.8. The fourth-order valence-corrected chi connectivity index (χ4v) is 2.10. The van der Waals surface area contributed by atoms with E-state index in [0.717, 1.165) is 18.2 Å². The van der Waals surface area contributed by atoms with Crippen LogP contribution in [0.25, 0.3) is 11.2 Å². The molecule has 8 heteroatoms. The molecule has 0 saturated carbocycles. The van der Waals surface area contributed by atoms with E-state index in [0.29, 0.717) is 17.8 Å². The molecule has 0 saturated heterocycles. The molecule has 2 heterocycles. The second kappa shape index (κ2) is 5.55. The number of hydrogen-bond donors (Lipinski definition) is 1. The molecular formula is C14H13F2N5O. The van der Waals surface area contributed by atoms with Gasteiger partial charge in [0.05, 0.1) is 19.5 Å². The Morgan fingerprint density at radius 1 is 1.27 bits per heavy atom. The smallest absolute Gasteiger partial charge is 0.320 e. The molecule has 0 aliphatic rings. The molecule has 0 aliphatic heterocycles. The molecule has 3 rings (SSSR count). The molecule has 0 spiro atoms. The summed E-state index contributed by atoms with van der Waals surface area (Å²) in [6.45, 7) is 2.25. The van der Waals surface area contributed by atoms with Crippen LogP contribution < -0.4 is 10.5 Å². The Bertz CT molecular complexity index is 833. The molecule has 0 unspecified atom stereocenters. The van der Waals surface area contributed by atoms with Crippen molar-refractivity contribution in [3.63, 3.8) is 0 Å². The molecule has 0 fully saturated rings. The van der Waals surface area contributed by atoms with Gasteiger partial charge in [-0.1, -0.05) is 0 Å². The zero-order valence-corrected chi connectivity index (χ0v) is 11.8. The van der Waals surface area contributed by atoms with Gasteiger partial charge in [-0.25, -0.2) is 13.8 Å². The van der Waals surface area contributed by atoms with Gasteiger partial charge in [0.15, 0.2) is 17.0 Å². The molecule has 0 atom stereocenters. The SMILES string of the molecule is CCOc1nc(N)c2ncn(Cc3cc(F)ccc3F)c2n1. The average Bonchev–Trinajstić information content (AvgIpc) is 2.87. The Labute approximate surface area is 124 Å². The molecular weight excluding hydrogens is 292 g/mol. The van der Waals surface area contributed by atoms with E-state index in [4.69, 9.17) is 10.5 Å². The summed E-state index contributed by atoms with van der Waals surface area (Å²) in [4.78, 5) is 12.3. The molecule has 2 aromatic heterocycles. The third-order valence-corrected chi connectivity index (χ3v) is 3.09. The minimum absolute atomic E-state index is 0.0715. The highest BCUT2D eigenvalue weighted by Gasteiger charge is 2.13. The van der Waals surface area contributed by atoms with Crippen molar-refractivity contribution in [2.75, 3.05) is 12.3 Å². The standard InChI is InChI=1S/C14H13F2N5O/c1-2-22-14-19-12(17)11-13(20-14)21(7-18-11)6-8-5-9(15)3-4-10(8)16/h3-5,7H,2,6H2,1H3,(H2,17,19,20). The molecule has 0 bridgehead atoms. The second-order valence-electron chi connectivity index (χ2n) is 4.60. The van der Waals surface area contributed by atoms with Crippen molar-refractivity contribution in [2.45, 2.75) is 13.5 Å². The third kappa shape index (κ3) is 2.54. The number of aromatic nitrogens is 4. The lowest BCUT2D eigenvalue weighted by atomic mass is 10.2. The summed E-state index contributed by atoms with van der Waals surface area (Å²) in [6.07, 6.45) is 1.45. The van der Waals surface area contributed by atoms with Gasteiger partial charge in [0.25, 0.3) is 0 Å². The number of ether oxygens (including phenoxy) is 1. The highest BCUT2D eigenvalue weighted by atomic mass is 19.1. The largest absolute Gasteiger partial charge is 0.464 e. The predicted molar refractivity (Wildman–Crippen MR) is 76.4 cm³/mol. The maximum absolute atomic E-state index is 13.8. The first-order valence-electron chi connectivity index (χ1n) is 6.63. The van der Waals surface area contributed by atoms with Crippen LogP contribution in [0.1, 0.15) is 12.5 Å². The maximum Gasteiger partial charge on any atom is 0.320 e. The summed E-state index contributed by atoms with van der Waals surface area (Å²) in [5, 5.41) is 0. The maximum atomic E-state index is 13.8. The first-order chi connectivity index (χ1) is 10.6. The van der Waals surface area contributed by atoms with Crippen molar-refractivity contribution in [3.8, 4) is 6.01 Å². The summed E-state index contributed by atoms with van der Waals surface area (Å²) in [7, 11) is 0. The molecule has 0 radical (unpaired) electrons. The number of anilines is 1. The van der Waals surface area contributed by atoms with Crippen LogP contribution >= 0.6 is 0 Å². The fraction of sp³-hybridized carbons (Fsp3) is 0.214. The monoisotopic (exact) mass is 305 g/mol. The van der Waals surface area contributed by atoms with Crippen molar-refractivity contribution in [1.29, 1.82) is 0 Å². The van der Waals surface area contributed by atoms with Gasteiger partial charge in [-0.15, -0.1) is 0 Å². The summed E-state index contributed by atoms with van der Waals surface area (Å²) in [5.74, 6) is -0.841. The Morgan fingerprint density at radius 2 is 2.09 bits per heavy atom. The summed E-state index contributed by atoms with van der Waals surface area (Å²) < 4.78 is 33.8. The van der Waals surface area contributed by atoms with Crippen LogP contribution in [0.4, 0.5) is 14.6 Å². The van der Waals surface area contributed by atoms with Gasteiger partial charge in [-0.2, -0.15) is 9.97 Å². The van der Waals surface area contributed by atoms with Crippen molar-refractivity contribution in [2.24, 2.45) is 0 Å². The lowest BCUT2D eigenvalue weighted by Crippen LogP contribution is -2.05. The van der Waals surface area contributed by atoms with Crippen LogP contribution in [0.2, 0.25) is 0 Å². The minimum atomic E-state index is -0.509. The number of rotatable bonds is 4. The van der Waals surface area contributed by atoms with Crippen LogP contribution in [0.5, 0.6) is 6.01 Å². The second-order valence-corrected chi connectivity index (χ2v) is 4.60. The molecule has 22 heavy (non-hydrogen) atoms. The van der Waals surface area contributed by atoms with Crippen LogP contribution in [-0.4, -0.2) is 26.1 Å². The van der Waals surface area contributed by atoms with Gasteiger partial charge in [0.1, 0.15) is 11.6 Å². The van der Waals surface area contributed by atoms with Crippen LogP contribution in [0.3, 0.4) is 0 Å². The molecule has 0 amide bonds. The lowest BCUT2D eigenvalue weighted by Gasteiger charge is -2.07. The van der Waals surface area contributed by atoms with Gasteiger partial charge in [-0.05, 0) is 25.1 Å². The van der Waals surface area contributed by atoms with Gasteiger partial charge in [-0.3, -0.25) is 0 Å². The average molecular weight is 305 g/mol. The van der Waals surface area contributed by atoms with Crippen molar-refractivity contribution < 1.29 is 13.5 Å². The van der Waals surface area contributed by atoms with Crippen molar-refractivity contribution >= 4 is 17.0 Å². The van der Waals surface area contributed by atoms with E-state index in [9.17, 15) is 8.78 Å². The van der Waals surface area contributed by atoms with E-state index in [2.05, 4.69) is 15.0 Å². The summed E-state index contributed by atoms with van der Waals surface area (Å²) in [5.41, 5.74) is 6.79. The van der Waals surface area contributed by atoms with E-state index in [1.54, 1.807) is 11.5 Å². The Kier molecular flexibility index (Phi) is 3.58. The highest BCUT2D eigenvalue weighted by Crippen LogP contribution is 2.21.